The van der Waals surface area contributed by atoms with E-state index in [1.807, 2.05) is 22.9 Å². The summed E-state index contributed by atoms with van der Waals surface area (Å²) in [5.41, 5.74) is 5.53. The Balaban J connectivity index is 1.32. The summed E-state index contributed by atoms with van der Waals surface area (Å²) in [7, 11) is 0. The van der Waals surface area contributed by atoms with Gasteiger partial charge in [0.25, 0.3) is 0 Å². The van der Waals surface area contributed by atoms with Crippen LogP contribution in [0, 0.1) is 13.8 Å². The van der Waals surface area contributed by atoms with Crippen molar-refractivity contribution in [2.24, 2.45) is 0 Å². The molecule has 2 aliphatic heterocycles. The van der Waals surface area contributed by atoms with E-state index in [1.165, 1.54) is 16.0 Å². The minimum Gasteiger partial charge on any atom is -0.371 e. The van der Waals surface area contributed by atoms with Crippen molar-refractivity contribution < 1.29 is 4.79 Å². The first-order valence-electron chi connectivity index (χ1n) is 11.0. The first-order valence-corrected chi connectivity index (χ1v) is 11.9. The molecule has 166 valence electrons. The second-order valence-corrected chi connectivity index (χ2v) is 9.85. The molecule has 1 amide bonds. The molecule has 7 nitrogen and oxygen atoms in total. The zero-order valence-electron chi connectivity index (χ0n) is 18.7. The highest BCUT2D eigenvalue weighted by Crippen LogP contribution is 2.43. The lowest BCUT2D eigenvalue weighted by atomic mass is 10.1. The molecule has 1 saturated heterocycles. The quantitative estimate of drug-likeness (QED) is 0.625. The molecule has 0 radical (unpaired) electrons. The number of carbonyl (C=O) groups excluding carboxylic acids is 1. The number of aryl methyl sites for hydroxylation is 2. The Morgan fingerprint density at radius 3 is 2.62 bits per heavy atom. The highest BCUT2D eigenvalue weighted by atomic mass is 32.2. The van der Waals surface area contributed by atoms with Gasteiger partial charge in [-0.2, -0.15) is 0 Å². The molecule has 0 spiro atoms. The van der Waals surface area contributed by atoms with E-state index in [-0.39, 0.29) is 11.3 Å². The number of thioether (sulfide) groups is 1. The van der Waals surface area contributed by atoms with Crippen molar-refractivity contribution in [2.75, 3.05) is 43.4 Å². The summed E-state index contributed by atoms with van der Waals surface area (Å²) in [6.07, 6.45) is 1.89. The van der Waals surface area contributed by atoms with Crippen LogP contribution < -0.4 is 10.6 Å². The Morgan fingerprint density at radius 2 is 1.91 bits per heavy atom. The topological polar surface area (TPSA) is 73.4 Å². The molecule has 1 unspecified atom stereocenters. The number of benzene rings is 2. The number of hydrogen-bond acceptors (Lipinski definition) is 7. The van der Waals surface area contributed by atoms with Crippen molar-refractivity contribution in [1.29, 1.82) is 0 Å². The van der Waals surface area contributed by atoms with Gasteiger partial charge < -0.3 is 15.5 Å². The number of piperazine rings is 1. The van der Waals surface area contributed by atoms with Crippen molar-refractivity contribution in [3.05, 3.63) is 47.7 Å². The maximum Gasteiger partial charge on any atom is 0.227 e. The van der Waals surface area contributed by atoms with E-state index >= 15 is 0 Å². The van der Waals surface area contributed by atoms with Gasteiger partial charge in [0.1, 0.15) is 0 Å². The molecule has 8 heteroatoms. The van der Waals surface area contributed by atoms with E-state index in [2.05, 4.69) is 64.7 Å². The van der Waals surface area contributed by atoms with Gasteiger partial charge in [0, 0.05) is 56.9 Å². The van der Waals surface area contributed by atoms with Gasteiger partial charge in [0.15, 0.2) is 0 Å². The molecular formula is C24H28N6OS. The van der Waals surface area contributed by atoms with Crippen LogP contribution in [0.5, 0.6) is 0 Å². The zero-order chi connectivity index (χ0) is 22.2. The van der Waals surface area contributed by atoms with Gasteiger partial charge in [-0.1, -0.05) is 17.8 Å². The number of carbonyl (C=O) groups is 1. The predicted octanol–water partition coefficient (Wildman–Crippen LogP) is 4.00. The summed E-state index contributed by atoms with van der Waals surface area (Å²) in [5.74, 6) is 0.780. The molecule has 0 bridgehead atoms. The van der Waals surface area contributed by atoms with Gasteiger partial charge in [0.2, 0.25) is 11.9 Å². The second-order valence-electron chi connectivity index (χ2n) is 8.63. The van der Waals surface area contributed by atoms with Crippen LogP contribution in [0.1, 0.15) is 18.1 Å². The Hall–Kier alpha value is -2.84. The number of nitrogens with one attached hydrogen (secondary N) is 2. The third-order valence-electron chi connectivity index (χ3n) is 6.00. The summed E-state index contributed by atoms with van der Waals surface area (Å²) in [5, 5.41) is 8.33. The number of amides is 1. The first-order chi connectivity index (χ1) is 15.4. The summed E-state index contributed by atoms with van der Waals surface area (Å²) in [4.78, 5) is 26.5. The van der Waals surface area contributed by atoms with E-state index in [0.717, 1.165) is 55.0 Å². The van der Waals surface area contributed by atoms with Crippen LogP contribution in [0.2, 0.25) is 0 Å². The second kappa shape index (κ2) is 8.60. The van der Waals surface area contributed by atoms with Crippen molar-refractivity contribution in [2.45, 2.75) is 31.0 Å². The fraction of sp³-hybridized carbons (Fsp3) is 0.375. The lowest BCUT2D eigenvalue weighted by Crippen LogP contribution is -2.50. The molecule has 0 saturated carbocycles. The largest absolute Gasteiger partial charge is 0.371 e. The number of rotatable bonds is 4. The molecule has 3 aromatic rings. The number of hydrogen-bond donors (Lipinski definition) is 2. The standard InChI is InChI=1S/C24H28N6OS/c1-15-10-16(2)12-19(11-15)26-24-25-13-18-4-5-20-23(22(18)28-24)32-21(27-20)14-29-6-8-30(9-7-29)17(3)31/h4-5,10-13,21,27H,6-9,14H2,1-3H3,(H,25,26,28). The lowest BCUT2D eigenvalue weighted by Gasteiger charge is -2.35. The van der Waals surface area contributed by atoms with Gasteiger partial charge in [0.05, 0.1) is 21.5 Å². The number of fused-ring (bicyclic) bond motifs is 3. The van der Waals surface area contributed by atoms with E-state index in [1.54, 1.807) is 6.92 Å². The average molecular weight is 449 g/mol. The molecular weight excluding hydrogens is 420 g/mol. The molecule has 2 aliphatic rings. The van der Waals surface area contributed by atoms with E-state index in [0.29, 0.717) is 5.95 Å². The highest BCUT2D eigenvalue weighted by Gasteiger charge is 2.28. The summed E-state index contributed by atoms with van der Waals surface area (Å²) in [6.45, 7) is 10.2. The highest BCUT2D eigenvalue weighted by molar-refractivity contribution is 8.00. The minimum atomic E-state index is 0.168. The Morgan fingerprint density at radius 1 is 1.16 bits per heavy atom. The summed E-state index contributed by atoms with van der Waals surface area (Å²) >= 11 is 1.83. The maximum atomic E-state index is 11.6. The molecule has 0 aliphatic carbocycles. The van der Waals surface area contributed by atoms with Crippen LogP contribution in [0.25, 0.3) is 10.9 Å². The van der Waals surface area contributed by atoms with Crippen LogP contribution in [0.15, 0.2) is 41.4 Å². The number of nitrogens with zero attached hydrogens (tertiary/aromatic N) is 4. The van der Waals surface area contributed by atoms with Crippen molar-refractivity contribution in [3.63, 3.8) is 0 Å². The lowest BCUT2D eigenvalue weighted by molar-refractivity contribution is -0.130. The van der Waals surface area contributed by atoms with Gasteiger partial charge in [-0.05, 0) is 49.2 Å². The normalized spacial score (nSPS) is 18.5. The van der Waals surface area contributed by atoms with Crippen molar-refractivity contribution in [1.82, 2.24) is 19.8 Å². The predicted molar refractivity (Wildman–Crippen MR) is 131 cm³/mol. The Bertz CT molecular complexity index is 1150. The van der Waals surface area contributed by atoms with E-state index in [4.69, 9.17) is 4.98 Å². The maximum absolute atomic E-state index is 11.6. The summed E-state index contributed by atoms with van der Waals surface area (Å²) < 4.78 is 0. The van der Waals surface area contributed by atoms with E-state index < -0.39 is 0 Å². The SMILES string of the molecule is CC(=O)N1CCN(CC2Nc3ccc4cnc(Nc5cc(C)cc(C)c5)nc4c3S2)CC1. The van der Waals surface area contributed by atoms with Gasteiger partial charge in [-0.15, -0.1) is 0 Å². The molecule has 5 rings (SSSR count). The third kappa shape index (κ3) is 4.38. The number of anilines is 3. The molecule has 1 aromatic heterocycles. The van der Waals surface area contributed by atoms with Crippen LogP contribution in [0.3, 0.4) is 0 Å². The monoisotopic (exact) mass is 448 g/mol. The number of aromatic nitrogens is 2. The van der Waals surface area contributed by atoms with Gasteiger partial charge in [-0.25, -0.2) is 9.97 Å². The average Bonchev–Trinajstić information content (AvgIpc) is 3.16. The van der Waals surface area contributed by atoms with Crippen LogP contribution in [-0.2, 0) is 4.79 Å². The first kappa shape index (κ1) is 21.0. The molecule has 2 aromatic carbocycles. The van der Waals surface area contributed by atoms with Crippen molar-refractivity contribution in [3.8, 4) is 0 Å². The molecule has 2 N–H and O–H groups in total. The third-order valence-corrected chi connectivity index (χ3v) is 7.20. The van der Waals surface area contributed by atoms with Crippen LogP contribution in [-0.4, -0.2) is 63.8 Å². The van der Waals surface area contributed by atoms with Gasteiger partial charge in [-0.3, -0.25) is 9.69 Å². The Labute approximate surface area is 192 Å². The fourth-order valence-electron chi connectivity index (χ4n) is 4.45. The fourth-order valence-corrected chi connectivity index (χ4v) is 5.73. The molecule has 1 fully saturated rings. The van der Waals surface area contributed by atoms with Crippen molar-refractivity contribution >= 4 is 45.9 Å². The molecule has 3 heterocycles. The van der Waals surface area contributed by atoms with E-state index in [9.17, 15) is 4.79 Å². The van der Waals surface area contributed by atoms with Crippen LogP contribution >= 0.6 is 11.8 Å². The Kier molecular flexibility index (Phi) is 5.65. The zero-order valence-corrected chi connectivity index (χ0v) is 19.5. The molecule has 32 heavy (non-hydrogen) atoms. The smallest absolute Gasteiger partial charge is 0.227 e. The van der Waals surface area contributed by atoms with Gasteiger partial charge >= 0.3 is 0 Å². The summed E-state index contributed by atoms with van der Waals surface area (Å²) in [6, 6.07) is 10.6. The van der Waals surface area contributed by atoms with Crippen LogP contribution in [0.4, 0.5) is 17.3 Å². The molecule has 1 atom stereocenters. The minimum absolute atomic E-state index is 0.168.